The first-order valence-corrected chi connectivity index (χ1v) is 4.69. The predicted octanol–water partition coefficient (Wildman–Crippen LogP) is 1.54. The van der Waals surface area contributed by atoms with Gasteiger partial charge in [0.25, 0.3) is 0 Å². The molecule has 0 saturated heterocycles. The number of esters is 1. The van der Waals surface area contributed by atoms with Crippen molar-refractivity contribution in [3.63, 3.8) is 0 Å². The molecule has 4 nitrogen and oxygen atoms in total. The highest BCUT2D eigenvalue weighted by Gasteiger charge is 2.28. The third-order valence-electron chi connectivity index (χ3n) is 1.83. The molecule has 15 heavy (non-hydrogen) atoms. The summed E-state index contributed by atoms with van der Waals surface area (Å²) in [4.78, 5) is 11.2. The number of nitrogens with two attached hydrogens (primary N) is 1. The number of carbonyl (C=O) groups excluding carboxylic acids is 1. The van der Waals surface area contributed by atoms with Crippen LogP contribution in [-0.2, 0) is 9.53 Å². The van der Waals surface area contributed by atoms with Gasteiger partial charge in [0.2, 0.25) is 0 Å². The Hall–Kier alpha value is -1.43. The third-order valence-corrected chi connectivity index (χ3v) is 2.48. The van der Waals surface area contributed by atoms with Crippen molar-refractivity contribution >= 4 is 27.6 Å². The second kappa shape index (κ2) is 4.39. The van der Waals surface area contributed by atoms with Crippen LogP contribution in [0.5, 0.6) is 0 Å². The molecule has 1 aliphatic rings. The van der Waals surface area contributed by atoms with Gasteiger partial charge in [-0.3, -0.25) is 5.41 Å². The molecule has 0 aromatic rings. The van der Waals surface area contributed by atoms with Crippen molar-refractivity contribution in [1.82, 2.24) is 0 Å². The number of rotatable bonds is 1. The monoisotopic (exact) mass is 274 g/mol. The highest BCUT2D eigenvalue weighted by atomic mass is 79.9. The molecular weight excluding hydrogens is 267 g/mol. The van der Waals surface area contributed by atoms with E-state index >= 15 is 0 Å². The van der Waals surface area contributed by atoms with Crippen molar-refractivity contribution in [2.24, 2.45) is 5.73 Å². The zero-order valence-corrected chi connectivity index (χ0v) is 9.39. The van der Waals surface area contributed by atoms with Gasteiger partial charge in [-0.2, -0.15) is 0 Å². The Morgan fingerprint density at radius 3 is 2.80 bits per heavy atom. The number of allylic oxidation sites excluding steroid dienone is 4. The maximum Gasteiger partial charge on any atom is 0.343 e. The second-order valence-corrected chi connectivity index (χ2v) is 3.52. The summed E-state index contributed by atoms with van der Waals surface area (Å²) in [6.07, 6.45) is 2.20. The van der Waals surface area contributed by atoms with Crippen molar-refractivity contribution in [1.29, 1.82) is 5.41 Å². The minimum Gasteiger partial charge on any atom is -0.465 e. The van der Waals surface area contributed by atoms with Gasteiger partial charge in [0.1, 0.15) is 11.4 Å². The van der Waals surface area contributed by atoms with Gasteiger partial charge in [-0.15, -0.1) is 0 Å². The largest absolute Gasteiger partial charge is 0.465 e. The van der Waals surface area contributed by atoms with E-state index in [-0.39, 0.29) is 11.3 Å². The summed E-state index contributed by atoms with van der Waals surface area (Å²) in [5.74, 6) is -1.71. The average molecular weight is 275 g/mol. The van der Waals surface area contributed by atoms with Gasteiger partial charge in [0, 0.05) is 16.3 Å². The van der Waals surface area contributed by atoms with Crippen LogP contribution in [0.15, 0.2) is 33.7 Å². The van der Waals surface area contributed by atoms with Crippen LogP contribution in [0.1, 0.15) is 0 Å². The summed E-state index contributed by atoms with van der Waals surface area (Å²) in [5.41, 5.74) is 4.80. The summed E-state index contributed by atoms with van der Waals surface area (Å²) in [7, 11) is 1.12. The molecule has 0 amide bonds. The van der Waals surface area contributed by atoms with Crippen LogP contribution in [0.3, 0.4) is 0 Å². The lowest BCUT2D eigenvalue weighted by Crippen LogP contribution is -2.20. The van der Waals surface area contributed by atoms with E-state index in [0.717, 1.165) is 19.4 Å². The highest BCUT2D eigenvalue weighted by Crippen LogP contribution is 2.30. The molecule has 0 unspecified atom stereocenters. The first kappa shape index (κ1) is 11.6. The first-order valence-electron chi connectivity index (χ1n) is 3.89. The Kier molecular flexibility index (Phi) is 3.41. The smallest absolute Gasteiger partial charge is 0.343 e. The number of hydrogen-bond donors (Lipinski definition) is 2. The number of carbonyl (C=O) groups is 1. The molecule has 1 aliphatic carbocycles. The van der Waals surface area contributed by atoms with Crippen LogP contribution in [-0.4, -0.2) is 18.8 Å². The van der Waals surface area contributed by atoms with E-state index < -0.39 is 17.4 Å². The van der Waals surface area contributed by atoms with Crippen molar-refractivity contribution < 1.29 is 13.9 Å². The fourth-order valence-electron chi connectivity index (χ4n) is 1.10. The van der Waals surface area contributed by atoms with Gasteiger partial charge in [0.05, 0.1) is 12.8 Å². The lowest BCUT2D eigenvalue weighted by atomic mass is 9.97. The molecule has 1 rings (SSSR count). The van der Waals surface area contributed by atoms with Crippen LogP contribution in [0.2, 0.25) is 0 Å². The lowest BCUT2D eigenvalue weighted by molar-refractivity contribution is -0.135. The van der Waals surface area contributed by atoms with Gasteiger partial charge in [-0.05, 0) is 22.0 Å². The Morgan fingerprint density at radius 1 is 1.73 bits per heavy atom. The fraction of sp³-hybridized carbons (Fsp3) is 0.111. The Morgan fingerprint density at radius 2 is 2.33 bits per heavy atom. The molecule has 0 aromatic carbocycles. The first-order chi connectivity index (χ1) is 7.02. The molecular formula is C9H8BrFN2O2. The molecule has 0 bridgehead atoms. The van der Waals surface area contributed by atoms with Gasteiger partial charge in [-0.1, -0.05) is 0 Å². The van der Waals surface area contributed by atoms with Gasteiger partial charge >= 0.3 is 5.97 Å². The Bertz CT molecular complexity index is 424. The molecule has 0 fully saturated rings. The number of ether oxygens (including phenoxy) is 1. The molecule has 0 spiro atoms. The van der Waals surface area contributed by atoms with Gasteiger partial charge in [0.15, 0.2) is 0 Å². The van der Waals surface area contributed by atoms with E-state index in [9.17, 15) is 9.18 Å². The Balaban J connectivity index is 3.31. The molecule has 0 saturated carbocycles. The molecule has 0 heterocycles. The molecule has 3 N–H and O–H groups in total. The minimum atomic E-state index is -0.895. The van der Waals surface area contributed by atoms with Crippen LogP contribution in [0.25, 0.3) is 0 Å². The van der Waals surface area contributed by atoms with Gasteiger partial charge in [-0.25, -0.2) is 9.18 Å². The normalized spacial score (nSPS) is 19.3. The van der Waals surface area contributed by atoms with Gasteiger partial charge < -0.3 is 10.5 Å². The molecule has 0 aromatic heterocycles. The highest BCUT2D eigenvalue weighted by molar-refractivity contribution is 9.12. The summed E-state index contributed by atoms with van der Waals surface area (Å²) >= 11 is 3.04. The molecule has 0 atom stereocenters. The van der Waals surface area contributed by atoms with Crippen LogP contribution in [0, 0.1) is 5.41 Å². The van der Waals surface area contributed by atoms with E-state index in [4.69, 9.17) is 11.1 Å². The maximum atomic E-state index is 13.4. The van der Waals surface area contributed by atoms with Crippen LogP contribution < -0.4 is 5.73 Å². The molecule has 0 radical (unpaired) electrons. The van der Waals surface area contributed by atoms with Crippen LogP contribution in [0.4, 0.5) is 4.39 Å². The topological polar surface area (TPSA) is 76.2 Å². The average Bonchev–Trinajstić information content (AvgIpc) is 2.17. The molecule has 6 heteroatoms. The second-order valence-electron chi connectivity index (χ2n) is 2.66. The summed E-state index contributed by atoms with van der Waals surface area (Å²) in [5, 5.41) is 7.58. The maximum absolute atomic E-state index is 13.4. The zero-order chi connectivity index (χ0) is 11.6. The van der Waals surface area contributed by atoms with Crippen molar-refractivity contribution in [2.75, 3.05) is 7.11 Å². The number of nitrogens with one attached hydrogen (secondary N) is 1. The van der Waals surface area contributed by atoms with E-state index in [2.05, 4.69) is 20.7 Å². The van der Waals surface area contributed by atoms with E-state index in [1.807, 2.05) is 0 Å². The Labute approximate surface area is 93.9 Å². The summed E-state index contributed by atoms with van der Waals surface area (Å²) < 4.78 is 18.0. The SMILES string of the molecule is COC(=O)C1=C(F)C=C(Br)/C(=C/N)C1=N. The zero-order valence-electron chi connectivity index (χ0n) is 7.80. The van der Waals surface area contributed by atoms with Crippen molar-refractivity contribution in [3.05, 3.63) is 33.7 Å². The lowest BCUT2D eigenvalue weighted by Gasteiger charge is -2.15. The number of hydrogen-bond acceptors (Lipinski definition) is 4. The van der Waals surface area contributed by atoms with Crippen molar-refractivity contribution in [3.8, 4) is 0 Å². The standard InChI is InChI=1S/C9H8BrFN2O2/c1-15-9(14)7-6(11)2-5(10)4(3-12)8(7)13/h2-3,13H,12H2,1H3/b4-3-,13-8?. The third kappa shape index (κ3) is 1.99. The summed E-state index contributed by atoms with van der Waals surface area (Å²) in [6.45, 7) is 0. The fourth-order valence-corrected chi connectivity index (χ4v) is 1.63. The van der Waals surface area contributed by atoms with E-state index in [0.29, 0.717) is 4.48 Å². The molecule has 80 valence electrons. The number of halogens is 2. The molecule has 0 aliphatic heterocycles. The summed E-state index contributed by atoms with van der Waals surface area (Å²) in [6, 6.07) is 0. The van der Waals surface area contributed by atoms with E-state index in [1.165, 1.54) is 0 Å². The van der Waals surface area contributed by atoms with E-state index in [1.54, 1.807) is 0 Å². The predicted molar refractivity (Wildman–Crippen MR) is 57.2 cm³/mol. The van der Waals surface area contributed by atoms with Crippen LogP contribution >= 0.6 is 15.9 Å². The van der Waals surface area contributed by atoms with Crippen molar-refractivity contribution in [2.45, 2.75) is 0 Å². The quantitative estimate of drug-likeness (QED) is 0.712. The minimum absolute atomic E-state index is 0.247. The number of methoxy groups -OCH3 is 1.